The molecule has 0 radical (unpaired) electrons. The Bertz CT molecular complexity index is 2060. The molecule has 0 amide bonds. The van der Waals surface area contributed by atoms with Gasteiger partial charge in [0.25, 0.3) is 0 Å². The van der Waals surface area contributed by atoms with Crippen molar-refractivity contribution in [2.45, 2.75) is 0 Å². The van der Waals surface area contributed by atoms with Crippen LogP contribution in [0.3, 0.4) is 0 Å². The second-order valence-corrected chi connectivity index (χ2v) is 9.17. The highest BCUT2D eigenvalue weighted by Gasteiger charge is 2.16. The summed E-state index contributed by atoms with van der Waals surface area (Å²) in [6.45, 7) is 0. The van der Waals surface area contributed by atoms with Crippen LogP contribution < -0.4 is 0 Å². The van der Waals surface area contributed by atoms with Crippen LogP contribution in [0.1, 0.15) is 0 Å². The highest BCUT2D eigenvalue weighted by molar-refractivity contribution is 6.20. The van der Waals surface area contributed by atoms with Crippen molar-refractivity contribution in [2.75, 3.05) is 0 Å². The van der Waals surface area contributed by atoms with E-state index in [-0.39, 0.29) is 0 Å². The normalized spacial score (nSPS) is 12.1. The molecule has 6 aromatic carbocycles. The third-order valence-corrected chi connectivity index (χ3v) is 7.23. The molecule has 0 saturated heterocycles. The molecular formula is C32H20N2. The first kappa shape index (κ1) is 17.9. The standard InChI is InChI=1S/C32H20N2/c1-2-12-24(13-3-1)34-31-17-23-11-7-5-9-21(23)15-27(31)28-18-30-26(19-32(28)34)25-14-20-8-4-6-10-22(20)16-29(25)33-30/h1-19,33H. The topological polar surface area (TPSA) is 20.7 Å². The molecule has 1 N–H and O–H groups in total. The van der Waals surface area contributed by atoms with Gasteiger partial charge in [0.1, 0.15) is 0 Å². The molecule has 2 heteroatoms. The minimum absolute atomic E-state index is 1.18. The van der Waals surface area contributed by atoms with Crippen molar-refractivity contribution in [3.63, 3.8) is 0 Å². The Labute approximate surface area is 195 Å². The Kier molecular flexibility index (Phi) is 3.42. The summed E-state index contributed by atoms with van der Waals surface area (Å²) in [7, 11) is 0. The fraction of sp³-hybridized carbons (Fsp3) is 0. The third kappa shape index (κ3) is 2.40. The van der Waals surface area contributed by atoms with Gasteiger partial charge in [-0.1, -0.05) is 66.7 Å². The van der Waals surface area contributed by atoms with Crippen molar-refractivity contribution < 1.29 is 0 Å². The van der Waals surface area contributed by atoms with Crippen LogP contribution in [0.2, 0.25) is 0 Å². The zero-order valence-corrected chi connectivity index (χ0v) is 18.4. The first-order valence-corrected chi connectivity index (χ1v) is 11.7. The monoisotopic (exact) mass is 432 g/mol. The molecule has 2 heterocycles. The molecule has 8 aromatic rings. The van der Waals surface area contributed by atoms with Gasteiger partial charge in [-0.3, -0.25) is 0 Å². The molecule has 0 aliphatic rings. The number of para-hydroxylation sites is 1. The summed E-state index contributed by atoms with van der Waals surface area (Å²) in [5.41, 5.74) is 6.02. The number of hydrogen-bond acceptors (Lipinski definition) is 0. The molecular weight excluding hydrogens is 412 g/mol. The molecule has 8 rings (SSSR count). The molecule has 34 heavy (non-hydrogen) atoms. The molecule has 0 bridgehead atoms. The van der Waals surface area contributed by atoms with E-state index in [2.05, 4.69) is 125 Å². The van der Waals surface area contributed by atoms with Crippen molar-refractivity contribution in [1.82, 2.24) is 9.55 Å². The Morgan fingerprint density at radius 1 is 0.412 bits per heavy atom. The zero-order valence-electron chi connectivity index (χ0n) is 18.4. The number of benzene rings is 6. The van der Waals surface area contributed by atoms with Gasteiger partial charge in [0.05, 0.1) is 11.0 Å². The fourth-order valence-electron chi connectivity index (χ4n) is 5.64. The highest BCUT2D eigenvalue weighted by atomic mass is 15.0. The Balaban J connectivity index is 1.57. The molecule has 0 atom stereocenters. The predicted molar refractivity (Wildman–Crippen MR) is 145 cm³/mol. The maximum atomic E-state index is 3.70. The first-order valence-electron chi connectivity index (χ1n) is 11.7. The van der Waals surface area contributed by atoms with Crippen LogP contribution in [0.5, 0.6) is 0 Å². The Hall–Kier alpha value is -4.56. The fourth-order valence-corrected chi connectivity index (χ4v) is 5.64. The maximum Gasteiger partial charge on any atom is 0.0548 e. The van der Waals surface area contributed by atoms with Crippen LogP contribution in [0.25, 0.3) is 70.8 Å². The predicted octanol–water partition coefficient (Wildman–Crippen LogP) is 8.72. The van der Waals surface area contributed by atoms with Crippen LogP contribution in [0.4, 0.5) is 0 Å². The molecule has 0 aliphatic carbocycles. The van der Waals surface area contributed by atoms with E-state index in [1.165, 1.54) is 70.8 Å². The van der Waals surface area contributed by atoms with Crippen molar-refractivity contribution in [3.8, 4) is 5.69 Å². The average Bonchev–Trinajstić information content (AvgIpc) is 3.39. The maximum absolute atomic E-state index is 3.70. The van der Waals surface area contributed by atoms with E-state index in [0.29, 0.717) is 0 Å². The van der Waals surface area contributed by atoms with E-state index >= 15 is 0 Å². The van der Waals surface area contributed by atoms with Gasteiger partial charge >= 0.3 is 0 Å². The second-order valence-electron chi connectivity index (χ2n) is 9.17. The largest absolute Gasteiger partial charge is 0.354 e. The number of fused-ring (bicyclic) bond motifs is 8. The van der Waals surface area contributed by atoms with E-state index in [9.17, 15) is 0 Å². The van der Waals surface area contributed by atoms with Gasteiger partial charge in [-0.05, 0) is 70.1 Å². The Morgan fingerprint density at radius 3 is 1.65 bits per heavy atom. The van der Waals surface area contributed by atoms with Gasteiger partial charge in [0.15, 0.2) is 0 Å². The number of nitrogens with zero attached hydrogens (tertiary/aromatic N) is 1. The molecule has 0 saturated carbocycles. The zero-order chi connectivity index (χ0) is 22.2. The lowest BCUT2D eigenvalue weighted by Crippen LogP contribution is -1.93. The number of hydrogen-bond donors (Lipinski definition) is 1. The van der Waals surface area contributed by atoms with Crippen LogP contribution in [0, 0.1) is 0 Å². The van der Waals surface area contributed by atoms with Crippen LogP contribution in [0.15, 0.2) is 115 Å². The van der Waals surface area contributed by atoms with Gasteiger partial charge in [0, 0.05) is 38.3 Å². The molecule has 158 valence electrons. The minimum Gasteiger partial charge on any atom is -0.354 e. The van der Waals surface area contributed by atoms with E-state index < -0.39 is 0 Å². The molecule has 0 aliphatic heterocycles. The van der Waals surface area contributed by atoms with E-state index in [1.807, 2.05) is 0 Å². The van der Waals surface area contributed by atoms with E-state index in [4.69, 9.17) is 0 Å². The quantitative estimate of drug-likeness (QED) is 0.268. The number of aromatic amines is 1. The second kappa shape index (κ2) is 6.49. The van der Waals surface area contributed by atoms with Gasteiger partial charge in [-0.2, -0.15) is 0 Å². The summed E-state index contributed by atoms with van der Waals surface area (Å²) in [6, 6.07) is 41.9. The molecule has 2 aromatic heterocycles. The molecule has 2 nitrogen and oxygen atoms in total. The number of rotatable bonds is 1. The number of aromatic nitrogens is 2. The van der Waals surface area contributed by atoms with Gasteiger partial charge < -0.3 is 9.55 Å². The number of nitrogens with one attached hydrogen (secondary N) is 1. The molecule has 0 spiro atoms. The molecule has 0 unspecified atom stereocenters. The smallest absolute Gasteiger partial charge is 0.0548 e. The van der Waals surface area contributed by atoms with E-state index in [0.717, 1.165) is 0 Å². The summed E-state index contributed by atoms with van der Waals surface area (Å²) in [6.07, 6.45) is 0. The summed E-state index contributed by atoms with van der Waals surface area (Å²) in [5.74, 6) is 0. The van der Waals surface area contributed by atoms with Crippen molar-refractivity contribution >= 4 is 65.2 Å². The molecule has 0 fully saturated rings. The third-order valence-electron chi connectivity index (χ3n) is 7.23. The van der Waals surface area contributed by atoms with Gasteiger partial charge in [0.2, 0.25) is 0 Å². The van der Waals surface area contributed by atoms with Crippen LogP contribution in [-0.2, 0) is 0 Å². The van der Waals surface area contributed by atoms with E-state index in [1.54, 1.807) is 0 Å². The first-order chi connectivity index (χ1) is 16.8. The van der Waals surface area contributed by atoms with Crippen LogP contribution in [-0.4, -0.2) is 9.55 Å². The summed E-state index contributed by atoms with van der Waals surface area (Å²) < 4.78 is 2.41. The lowest BCUT2D eigenvalue weighted by atomic mass is 10.0. The minimum atomic E-state index is 1.18. The Morgan fingerprint density at radius 2 is 0.912 bits per heavy atom. The van der Waals surface area contributed by atoms with Gasteiger partial charge in [-0.15, -0.1) is 0 Å². The SMILES string of the molecule is c1ccc(-n2c3cc4ccccc4cc3c3cc4[nH]c5cc6ccccc6cc5c4cc32)cc1. The number of H-pyrrole nitrogens is 1. The summed E-state index contributed by atoms with van der Waals surface area (Å²) in [5, 5.41) is 10.1. The summed E-state index contributed by atoms with van der Waals surface area (Å²) >= 11 is 0. The van der Waals surface area contributed by atoms with Crippen molar-refractivity contribution in [1.29, 1.82) is 0 Å². The highest BCUT2D eigenvalue weighted by Crippen LogP contribution is 2.39. The van der Waals surface area contributed by atoms with Crippen molar-refractivity contribution in [2.24, 2.45) is 0 Å². The van der Waals surface area contributed by atoms with Gasteiger partial charge in [-0.25, -0.2) is 0 Å². The van der Waals surface area contributed by atoms with Crippen molar-refractivity contribution in [3.05, 3.63) is 115 Å². The summed E-state index contributed by atoms with van der Waals surface area (Å²) in [4.78, 5) is 3.70. The lowest BCUT2D eigenvalue weighted by Gasteiger charge is -2.08. The van der Waals surface area contributed by atoms with Crippen LogP contribution >= 0.6 is 0 Å². The lowest BCUT2D eigenvalue weighted by molar-refractivity contribution is 1.18. The average molecular weight is 433 g/mol.